The lowest BCUT2D eigenvalue weighted by Gasteiger charge is -2.27. The number of methoxy groups -OCH3 is 2. The summed E-state index contributed by atoms with van der Waals surface area (Å²) in [5.74, 6) is 0.883. The van der Waals surface area contributed by atoms with Gasteiger partial charge in [0.05, 0.1) is 19.1 Å². The molecule has 0 bridgehead atoms. The Hall–Kier alpha value is -1.27. The summed E-state index contributed by atoms with van der Waals surface area (Å²) in [6, 6.07) is 4.34. The van der Waals surface area contributed by atoms with Crippen LogP contribution in [0.5, 0.6) is 11.5 Å². The van der Waals surface area contributed by atoms with E-state index in [2.05, 4.69) is 4.72 Å². The van der Waals surface area contributed by atoms with E-state index >= 15 is 0 Å². The molecule has 0 heterocycles. The van der Waals surface area contributed by atoms with E-state index in [1.807, 2.05) is 27.7 Å². The van der Waals surface area contributed by atoms with Crippen LogP contribution in [0.1, 0.15) is 27.7 Å². The zero-order valence-electron chi connectivity index (χ0n) is 12.9. The molecule has 1 atom stereocenters. The first-order chi connectivity index (χ1) is 9.11. The van der Waals surface area contributed by atoms with Gasteiger partial charge in [-0.05, 0) is 24.5 Å². The van der Waals surface area contributed by atoms with Crippen LogP contribution in [-0.4, -0.2) is 28.7 Å². The Bertz CT molecular complexity index is 561. The summed E-state index contributed by atoms with van der Waals surface area (Å²) < 4.78 is 37.6. The minimum Gasteiger partial charge on any atom is -0.493 e. The van der Waals surface area contributed by atoms with Gasteiger partial charge in [0.25, 0.3) is 0 Å². The smallest absolute Gasteiger partial charge is 0.240 e. The molecule has 20 heavy (non-hydrogen) atoms. The van der Waals surface area contributed by atoms with Crippen LogP contribution in [0.25, 0.3) is 0 Å². The third-order valence-corrected chi connectivity index (χ3v) is 4.83. The van der Waals surface area contributed by atoms with Crippen LogP contribution in [0.15, 0.2) is 23.1 Å². The lowest BCUT2D eigenvalue weighted by Crippen LogP contribution is -2.41. The van der Waals surface area contributed by atoms with Gasteiger partial charge in [0.1, 0.15) is 0 Å². The summed E-state index contributed by atoms with van der Waals surface area (Å²) in [4.78, 5) is 0.159. The summed E-state index contributed by atoms with van der Waals surface area (Å²) in [5, 5.41) is 0. The van der Waals surface area contributed by atoms with Crippen LogP contribution in [0.3, 0.4) is 0 Å². The molecule has 0 radical (unpaired) electrons. The van der Waals surface area contributed by atoms with E-state index in [1.165, 1.54) is 26.4 Å². The van der Waals surface area contributed by atoms with E-state index in [0.29, 0.717) is 11.5 Å². The second-order valence-corrected chi connectivity index (χ2v) is 7.44. The third kappa shape index (κ3) is 3.86. The molecule has 0 spiro atoms. The van der Waals surface area contributed by atoms with Crippen LogP contribution >= 0.6 is 0 Å². The van der Waals surface area contributed by atoms with Gasteiger partial charge in [0, 0.05) is 12.1 Å². The van der Waals surface area contributed by atoms with Gasteiger partial charge in [0.15, 0.2) is 11.5 Å². The molecule has 5 nitrogen and oxygen atoms in total. The molecule has 0 saturated heterocycles. The van der Waals surface area contributed by atoms with Crippen molar-refractivity contribution >= 4 is 10.0 Å². The van der Waals surface area contributed by atoms with Crippen LogP contribution in [0.2, 0.25) is 0 Å². The molecule has 6 heteroatoms. The van der Waals surface area contributed by atoms with Crippen molar-refractivity contribution in [2.75, 3.05) is 14.2 Å². The van der Waals surface area contributed by atoms with Gasteiger partial charge < -0.3 is 9.47 Å². The summed E-state index contributed by atoms with van der Waals surface area (Å²) in [6.45, 7) is 7.79. The second kappa shape index (κ2) is 6.01. The Kier molecular flexibility index (Phi) is 5.05. The highest BCUT2D eigenvalue weighted by molar-refractivity contribution is 7.89. The average Bonchev–Trinajstić information content (AvgIpc) is 2.36. The van der Waals surface area contributed by atoms with Gasteiger partial charge in [0.2, 0.25) is 10.0 Å². The van der Waals surface area contributed by atoms with E-state index in [1.54, 1.807) is 6.07 Å². The highest BCUT2D eigenvalue weighted by Crippen LogP contribution is 2.30. The Morgan fingerprint density at radius 3 is 2.10 bits per heavy atom. The van der Waals surface area contributed by atoms with E-state index in [9.17, 15) is 8.42 Å². The highest BCUT2D eigenvalue weighted by Gasteiger charge is 2.26. The molecule has 0 aliphatic heterocycles. The average molecular weight is 301 g/mol. The van der Waals surface area contributed by atoms with Gasteiger partial charge >= 0.3 is 0 Å². The number of hydrogen-bond donors (Lipinski definition) is 1. The Morgan fingerprint density at radius 2 is 1.65 bits per heavy atom. The van der Waals surface area contributed by atoms with Gasteiger partial charge in [-0.15, -0.1) is 0 Å². The maximum atomic E-state index is 12.3. The molecule has 0 aromatic heterocycles. The number of nitrogens with one attached hydrogen (secondary N) is 1. The third-order valence-electron chi connectivity index (χ3n) is 3.30. The fourth-order valence-electron chi connectivity index (χ4n) is 1.46. The summed E-state index contributed by atoms with van der Waals surface area (Å²) in [7, 11) is -0.608. The molecule has 1 aromatic rings. The van der Waals surface area contributed by atoms with E-state index in [4.69, 9.17) is 9.47 Å². The van der Waals surface area contributed by atoms with Gasteiger partial charge in [-0.2, -0.15) is 0 Å². The van der Waals surface area contributed by atoms with Crippen molar-refractivity contribution in [1.29, 1.82) is 0 Å². The monoisotopic (exact) mass is 301 g/mol. The van der Waals surface area contributed by atoms with Crippen molar-refractivity contribution in [3.05, 3.63) is 18.2 Å². The number of hydrogen-bond acceptors (Lipinski definition) is 4. The zero-order valence-corrected chi connectivity index (χ0v) is 13.7. The van der Waals surface area contributed by atoms with Crippen molar-refractivity contribution in [2.45, 2.75) is 38.6 Å². The first-order valence-electron chi connectivity index (χ1n) is 6.36. The first-order valence-corrected chi connectivity index (χ1v) is 7.84. The molecular weight excluding hydrogens is 278 g/mol. The summed E-state index contributed by atoms with van der Waals surface area (Å²) in [5.41, 5.74) is -0.163. The SMILES string of the molecule is COc1ccc(S(=O)(=O)NC(C)C(C)(C)C)cc1OC. The Morgan fingerprint density at radius 1 is 1.10 bits per heavy atom. The topological polar surface area (TPSA) is 64.6 Å². The molecule has 0 amide bonds. The molecule has 1 aromatic carbocycles. The fourth-order valence-corrected chi connectivity index (χ4v) is 2.93. The van der Waals surface area contributed by atoms with Crippen molar-refractivity contribution in [3.8, 4) is 11.5 Å². The largest absolute Gasteiger partial charge is 0.493 e. The summed E-state index contributed by atoms with van der Waals surface area (Å²) in [6.07, 6.45) is 0. The minimum atomic E-state index is -3.59. The Balaban J connectivity index is 3.10. The molecule has 1 N–H and O–H groups in total. The van der Waals surface area contributed by atoms with Crippen molar-refractivity contribution in [3.63, 3.8) is 0 Å². The Labute approximate surface area is 121 Å². The lowest BCUT2D eigenvalue weighted by molar-refractivity contribution is 0.317. The lowest BCUT2D eigenvalue weighted by atomic mass is 9.89. The second-order valence-electron chi connectivity index (χ2n) is 5.73. The molecule has 0 aliphatic rings. The maximum absolute atomic E-state index is 12.3. The summed E-state index contributed by atoms with van der Waals surface area (Å²) >= 11 is 0. The molecule has 0 fully saturated rings. The van der Waals surface area contributed by atoms with Gasteiger partial charge in [-0.1, -0.05) is 20.8 Å². The molecule has 114 valence electrons. The van der Waals surface area contributed by atoms with Crippen molar-refractivity contribution in [2.24, 2.45) is 5.41 Å². The maximum Gasteiger partial charge on any atom is 0.240 e. The van der Waals surface area contributed by atoms with E-state index < -0.39 is 10.0 Å². The highest BCUT2D eigenvalue weighted by atomic mass is 32.2. The number of rotatable bonds is 5. The fraction of sp³-hybridized carbons (Fsp3) is 0.571. The normalized spacial score (nSPS) is 13.9. The van der Waals surface area contributed by atoms with Crippen molar-refractivity contribution < 1.29 is 17.9 Å². The van der Waals surface area contributed by atoms with Crippen LogP contribution in [-0.2, 0) is 10.0 Å². The van der Waals surface area contributed by atoms with Crippen LogP contribution in [0, 0.1) is 5.41 Å². The van der Waals surface area contributed by atoms with E-state index in [-0.39, 0.29) is 16.4 Å². The molecular formula is C14H23NO4S. The quantitative estimate of drug-likeness (QED) is 0.907. The van der Waals surface area contributed by atoms with Crippen LogP contribution in [0.4, 0.5) is 0 Å². The number of benzene rings is 1. The molecule has 1 unspecified atom stereocenters. The first kappa shape index (κ1) is 16.8. The predicted molar refractivity (Wildman–Crippen MR) is 78.8 cm³/mol. The van der Waals surface area contributed by atoms with Gasteiger partial charge in [-0.3, -0.25) is 0 Å². The number of ether oxygens (including phenoxy) is 2. The molecule has 0 saturated carbocycles. The molecule has 0 aliphatic carbocycles. The molecule has 1 rings (SSSR count). The van der Waals surface area contributed by atoms with Crippen molar-refractivity contribution in [1.82, 2.24) is 4.72 Å². The van der Waals surface area contributed by atoms with Gasteiger partial charge in [-0.25, -0.2) is 13.1 Å². The number of sulfonamides is 1. The standard InChI is InChI=1S/C14H23NO4S/c1-10(14(2,3)4)15-20(16,17)11-7-8-12(18-5)13(9-11)19-6/h7-10,15H,1-6H3. The predicted octanol–water partition coefficient (Wildman–Crippen LogP) is 2.42. The van der Waals surface area contributed by atoms with E-state index in [0.717, 1.165) is 0 Å². The van der Waals surface area contributed by atoms with Crippen LogP contribution < -0.4 is 14.2 Å². The zero-order chi connectivity index (χ0) is 15.6. The minimum absolute atomic E-state index is 0.159.